The summed E-state index contributed by atoms with van der Waals surface area (Å²) in [5.41, 5.74) is 2.15. The monoisotopic (exact) mass is 408 g/mol. The highest BCUT2D eigenvalue weighted by atomic mass is 32.2. The molecule has 2 heterocycles. The zero-order valence-electron chi connectivity index (χ0n) is 15.2. The van der Waals surface area contributed by atoms with E-state index >= 15 is 0 Å². The molecule has 0 aliphatic carbocycles. The number of fused-ring (bicyclic) bond motifs is 1. The lowest BCUT2D eigenvalue weighted by Gasteiger charge is -2.09. The Balaban J connectivity index is 1.85. The third kappa shape index (κ3) is 3.48. The molecule has 0 amide bonds. The maximum atomic E-state index is 12.1. The molecule has 2 aromatic heterocycles. The van der Waals surface area contributed by atoms with Gasteiger partial charge in [-0.1, -0.05) is 53.9 Å². The number of para-hydroxylation sites is 1. The molecule has 0 saturated carbocycles. The van der Waals surface area contributed by atoms with Gasteiger partial charge >= 0.3 is 5.97 Å². The normalized spacial score (nSPS) is 10.9. The van der Waals surface area contributed by atoms with Gasteiger partial charge in [0.25, 0.3) is 0 Å². The van der Waals surface area contributed by atoms with E-state index in [4.69, 9.17) is 4.74 Å². The summed E-state index contributed by atoms with van der Waals surface area (Å²) in [6, 6.07) is 17.2. The molecule has 6 nitrogen and oxygen atoms in total. The molecule has 8 heteroatoms. The minimum Gasteiger partial charge on any atom is -0.465 e. The van der Waals surface area contributed by atoms with Gasteiger partial charge in [0.05, 0.1) is 29.9 Å². The second kappa shape index (κ2) is 8.04. The van der Waals surface area contributed by atoms with Crippen molar-refractivity contribution in [2.45, 2.75) is 15.1 Å². The average Bonchev–Trinajstić information content (AvgIpc) is 3.18. The lowest BCUT2D eigenvalue weighted by molar-refractivity contribution is 0.0597. The Hall–Kier alpha value is -2.84. The van der Waals surface area contributed by atoms with E-state index in [9.17, 15) is 4.79 Å². The van der Waals surface area contributed by atoms with Crippen LogP contribution in [-0.4, -0.2) is 39.1 Å². The van der Waals surface area contributed by atoms with E-state index in [0.29, 0.717) is 10.7 Å². The van der Waals surface area contributed by atoms with E-state index in [1.54, 1.807) is 16.9 Å². The number of ether oxygens (including phenoxy) is 1. The van der Waals surface area contributed by atoms with Crippen LogP contribution < -0.4 is 0 Å². The number of carbonyl (C=O) groups excluding carboxylic acids is 1. The topological polar surface area (TPSA) is 69.9 Å². The van der Waals surface area contributed by atoms with Crippen molar-refractivity contribution in [3.63, 3.8) is 0 Å². The average molecular weight is 409 g/mol. The molecular weight excluding hydrogens is 392 g/mol. The van der Waals surface area contributed by atoms with Gasteiger partial charge in [0, 0.05) is 4.90 Å². The molecule has 0 N–H and O–H groups in total. The minimum atomic E-state index is -0.376. The number of methoxy groups -OCH3 is 1. The maximum Gasteiger partial charge on any atom is 0.339 e. The molecule has 0 aliphatic rings. The molecule has 4 aromatic rings. The Morgan fingerprint density at radius 3 is 2.54 bits per heavy atom. The molecular formula is C20H16N4O2S2. The second-order valence-electron chi connectivity index (χ2n) is 5.73. The van der Waals surface area contributed by atoms with Crippen molar-refractivity contribution in [2.24, 2.45) is 0 Å². The summed E-state index contributed by atoms with van der Waals surface area (Å²) in [5, 5.41) is 6.73. The number of thioether (sulfide) groups is 1. The van der Waals surface area contributed by atoms with Crippen LogP contribution in [-0.2, 0) is 4.74 Å². The summed E-state index contributed by atoms with van der Waals surface area (Å²) in [5.74, 6) is -0.376. The molecule has 0 saturated heterocycles. The van der Waals surface area contributed by atoms with Crippen molar-refractivity contribution in [2.75, 3.05) is 13.4 Å². The number of carbonyl (C=O) groups is 1. The molecule has 0 fully saturated rings. The molecule has 2 aromatic carbocycles. The molecule has 0 unspecified atom stereocenters. The van der Waals surface area contributed by atoms with Crippen LogP contribution in [0.4, 0.5) is 0 Å². The van der Waals surface area contributed by atoms with Gasteiger partial charge in [-0.05, 0) is 30.5 Å². The lowest BCUT2D eigenvalue weighted by Crippen LogP contribution is -2.03. The van der Waals surface area contributed by atoms with Crippen molar-refractivity contribution in [3.8, 4) is 5.69 Å². The van der Waals surface area contributed by atoms with Crippen molar-refractivity contribution < 1.29 is 9.53 Å². The Bertz CT molecular complexity index is 1150. The second-order valence-corrected chi connectivity index (χ2v) is 7.54. The minimum absolute atomic E-state index is 0.376. The van der Waals surface area contributed by atoms with Gasteiger partial charge in [-0.25, -0.2) is 19.4 Å². The van der Waals surface area contributed by atoms with Gasteiger partial charge in [-0.3, -0.25) is 0 Å². The molecule has 0 radical (unpaired) electrons. The van der Waals surface area contributed by atoms with Gasteiger partial charge < -0.3 is 4.74 Å². The first-order valence-electron chi connectivity index (χ1n) is 8.41. The number of rotatable bonds is 5. The summed E-state index contributed by atoms with van der Waals surface area (Å²) in [6.45, 7) is 0. The van der Waals surface area contributed by atoms with Gasteiger partial charge in [0.2, 0.25) is 0 Å². The van der Waals surface area contributed by atoms with Crippen molar-refractivity contribution in [3.05, 3.63) is 66.4 Å². The van der Waals surface area contributed by atoms with Crippen LogP contribution in [0.2, 0.25) is 0 Å². The molecule has 140 valence electrons. The van der Waals surface area contributed by atoms with Gasteiger partial charge in [0.1, 0.15) is 5.03 Å². The maximum absolute atomic E-state index is 12.1. The fourth-order valence-electron chi connectivity index (χ4n) is 2.73. The Morgan fingerprint density at radius 1 is 1.04 bits per heavy atom. The zero-order chi connectivity index (χ0) is 19.5. The fourth-order valence-corrected chi connectivity index (χ4v) is 4.15. The third-order valence-corrected chi connectivity index (χ3v) is 5.68. The molecule has 0 bridgehead atoms. The summed E-state index contributed by atoms with van der Waals surface area (Å²) >= 11 is 2.87. The van der Waals surface area contributed by atoms with Gasteiger partial charge in [-0.15, -0.1) is 0 Å². The number of benzene rings is 2. The quantitative estimate of drug-likeness (QED) is 0.209. The van der Waals surface area contributed by atoms with Crippen LogP contribution in [0, 0.1) is 0 Å². The largest absolute Gasteiger partial charge is 0.465 e. The first-order valence-corrected chi connectivity index (χ1v) is 10.5. The molecule has 0 atom stereocenters. The molecule has 28 heavy (non-hydrogen) atoms. The highest BCUT2D eigenvalue weighted by molar-refractivity contribution is 7.99. The van der Waals surface area contributed by atoms with Crippen LogP contribution in [0.3, 0.4) is 0 Å². The Morgan fingerprint density at radius 2 is 1.79 bits per heavy atom. The van der Waals surface area contributed by atoms with E-state index in [-0.39, 0.29) is 5.97 Å². The summed E-state index contributed by atoms with van der Waals surface area (Å²) in [4.78, 5) is 22.2. The SMILES string of the molecule is COC(=O)c1ccccc1Sc1nc(SC)nc2c1cnn2-c1ccccc1. The van der Waals surface area contributed by atoms with Gasteiger partial charge in [-0.2, -0.15) is 5.10 Å². The van der Waals surface area contributed by atoms with Crippen molar-refractivity contribution in [1.29, 1.82) is 0 Å². The van der Waals surface area contributed by atoms with Crippen LogP contribution in [0.5, 0.6) is 0 Å². The van der Waals surface area contributed by atoms with Crippen LogP contribution in [0.25, 0.3) is 16.7 Å². The first kappa shape index (κ1) is 18.5. The predicted octanol–water partition coefficient (Wildman–Crippen LogP) is 4.48. The summed E-state index contributed by atoms with van der Waals surface area (Å²) in [6.07, 6.45) is 3.69. The number of hydrogen-bond acceptors (Lipinski definition) is 7. The van der Waals surface area contributed by atoms with E-state index in [1.165, 1.54) is 30.6 Å². The van der Waals surface area contributed by atoms with E-state index < -0.39 is 0 Å². The van der Waals surface area contributed by atoms with Crippen LogP contribution >= 0.6 is 23.5 Å². The summed E-state index contributed by atoms with van der Waals surface area (Å²) < 4.78 is 6.70. The van der Waals surface area contributed by atoms with E-state index in [1.807, 2.05) is 54.8 Å². The smallest absolute Gasteiger partial charge is 0.339 e. The number of hydrogen-bond donors (Lipinski definition) is 0. The van der Waals surface area contributed by atoms with Gasteiger partial charge in [0.15, 0.2) is 10.8 Å². The highest BCUT2D eigenvalue weighted by Gasteiger charge is 2.18. The van der Waals surface area contributed by atoms with E-state index in [0.717, 1.165) is 26.6 Å². The third-order valence-electron chi connectivity index (χ3n) is 4.06. The molecule has 0 aliphatic heterocycles. The number of aromatic nitrogens is 4. The highest BCUT2D eigenvalue weighted by Crippen LogP contribution is 2.35. The first-order chi connectivity index (χ1) is 13.7. The number of nitrogens with zero attached hydrogens (tertiary/aromatic N) is 4. The van der Waals surface area contributed by atoms with Crippen molar-refractivity contribution in [1.82, 2.24) is 19.7 Å². The van der Waals surface area contributed by atoms with Crippen molar-refractivity contribution >= 4 is 40.5 Å². The molecule has 4 rings (SSSR count). The van der Waals surface area contributed by atoms with E-state index in [2.05, 4.69) is 15.1 Å². The standard InChI is InChI=1S/C20H16N4O2S2/c1-26-19(25)14-10-6-7-11-16(14)28-18-15-12-21-24(13-8-4-3-5-9-13)17(15)22-20(23-18)27-2/h3-12H,1-2H3. The summed E-state index contributed by atoms with van der Waals surface area (Å²) in [7, 11) is 1.38. The molecule has 0 spiro atoms. The van der Waals surface area contributed by atoms with Crippen LogP contribution in [0.15, 0.2) is 75.9 Å². The Kier molecular flexibility index (Phi) is 5.31. The zero-order valence-corrected chi connectivity index (χ0v) is 16.8. The van der Waals surface area contributed by atoms with Crippen LogP contribution in [0.1, 0.15) is 10.4 Å². The Labute approximate surface area is 170 Å². The predicted molar refractivity (Wildman–Crippen MR) is 110 cm³/mol. The fraction of sp³-hybridized carbons (Fsp3) is 0.100. The lowest BCUT2D eigenvalue weighted by atomic mass is 10.2. The number of esters is 1.